The van der Waals surface area contributed by atoms with Gasteiger partial charge in [0.15, 0.2) is 18.5 Å². The molecule has 270 valence electrons. The second-order valence-electron chi connectivity index (χ2n) is 12.7. The Kier molecular flexibility index (Phi) is 10.9. The maximum atomic E-state index is 14.1. The molecule has 4 aliphatic heterocycles. The standard InChI is InChI=1S/C33H40F2N6O9/c1-21-18-47-27-17-40-16-24(31(44)36-15-22-4-5-23(34)14-25(22)35)29(43)30(28(40)32(45)41(21)27)49-20-50-33(46)48-19-26(42)39-12-10-38(11-13-39)9-8-37-6-2-3-7-37/h4-5,14,16,21,27H,2-3,6-13,15,17-20H2,1H3,(H,36,44)/t21-,27+/m0/s1. The van der Waals surface area contributed by atoms with Gasteiger partial charge in [-0.3, -0.25) is 24.1 Å². The molecule has 0 spiro atoms. The summed E-state index contributed by atoms with van der Waals surface area (Å²) < 4.78 is 50.0. The number of benzene rings is 1. The fourth-order valence-electron chi connectivity index (χ4n) is 6.59. The largest absolute Gasteiger partial charge is 0.511 e. The van der Waals surface area contributed by atoms with Crippen molar-refractivity contribution in [1.29, 1.82) is 0 Å². The second-order valence-corrected chi connectivity index (χ2v) is 12.7. The normalized spacial score (nSPS) is 20.7. The van der Waals surface area contributed by atoms with Crippen LogP contribution in [0.5, 0.6) is 5.75 Å². The minimum Gasteiger partial charge on any atom is -0.451 e. The van der Waals surface area contributed by atoms with Gasteiger partial charge in [0.1, 0.15) is 17.2 Å². The van der Waals surface area contributed by atoms with E-state index in [1.807, 2.05) is 0 Å². The molecular formula is C33H40F2N6O9. The van der Waals surface area contributed by atoms with Gasteiger partial charge >= 0.3 is 6.16 Å². The Labute approximate surface area is 286 Å². The van der Waals surface area contributed by atoms with E-state index in [4.69, 9.17) is 18.9 Å². The van der Waals surface area contributed by atoms with Gasteiger partial charge in [-0.15, -0.1) is 0 Å². The molecular weight excluding hydrogens is 662 g/mol. The lowest BCUT2D eigenvalue weighted by molar-refractivity contribution is -0.137. The number of likely N-dealkylation sites (tertiary alicyclic amines) is 1. The molecule has 1 aromatic heterocycles. The van der Waals surface area contributed by atoms with Crippen molar-refractivity contribution in [2.24, 2.45) is 0 Å². The molecule has 0 unspecified atom stereocenters. The van der Waals surface area contributed by atoms with E-state index in [-0.39, 0.29) is 42.9 Å². The van der Waals surface area contributed by atoms with Crippen LogP contribution in [0.25, 0.3) is 0 Å². The topological polar surface area (TPSA) is 152 Å². The number of nitrogens with one attached hydrogen (secondary N) is 1. The minimum absolute atomic E-state index is 0.0194. The van der Waals surface area contributed by atoms with Crippen LogP contribution in [0.4, 0.5) is 13.6 Å². The summed E-state index contributed by atoms with van der Waals surface area (Å²) >= 11 is 0. The molecule has 15 nitrogen and oxygen atoms in total. The second kappa shape index (κ2) is 15.5. The van der Waals surface area contributed by atoms with Crippen LogP contribution in [0.15, 0.2) is 29.2 Å². The van der Waals surface area contributed by atoms with Gasteiger partial charge < -0.3 is 43.5 Å². The van der Waals surface area contributed by atoms with Crippen LogP contribution in [0.2, 0.25) is 0 Å². The van der Waals surface area contributed by atoms with Crippen LogP contribution >= 0.6 is 0 Å². The number of ether oxygens (including phenoxy) is 4. The highest BCUT2D eigenvalue weighted by Crippen LogP contribution is 2.30. The first-order valence-electron chi connectivity index (χ1n) is 16.7. The van der Waals surface area contributed by atoms with Crippen LogP contribution in [0.1, 0.15) is 46.2 Å². The van der Waals surface area contributed by atoms with Gasteiger partial charge in [-0.1, -0.05) is 6.07 Å². The Morgan fingerprint density at radius 2 is 1.70 bits per heavy atom. The average molecular weight is 703 g/mol. The molecule has 5 heterocycles. The summed E-state index contributed by atoms with van der Waals surface area (Å²) in [4.78, 5) is 73.1. The van der Waals surface area contributed by atoms with E-state index < -0.39 is 66.0 Å². The van der Waals surface area contributed by atoms with Crippen molar-refractivity contribution in [3.05, 3.63) is 63.1 Å². The van der Waals surface area contributed by atoms with Crippen LogP contribution in [-0.2, 0) is 32.1 Å². The van der Waals surface area contributed by atoms with E-state index in [0.29, 0.717) is 19.2 Å². The van der Waals surface area contributed by atoms with Crippen LogP contribution < -0.4 is 15.5 Å². The third-order valence-corrected chi connectivity index (χ3v) is 9.39. The van der Waals surface area contributed by atoms with Gasteiger partial charge in [0, 0.05) is 63.6 Å². The Morgan fingerprint density at radius 1 is 0.980 bits per heavy atom. The number of amides is 3. The maximum Gasteiger partial charge on any atom is 0.511 e. The highest BCUT2D eigenvalue weighted by atomic mass is 19.1. The summed E-state index contributed by atoms with van der Waals surface area (Å²) in [5.74, 6) is -4.12. The molecule has 17 heteroatoms. The predicted octanol–water partition coefficient (Wildman–Crippen LogP) is 0.987. The summed E-state index contributed by atoms with van der Waals surface area (Å²) in [5.41, 5.74) is -1.63. The highest BCUT2D eigenvalue weighted by Gasteiger charge is 2.43. The number of pyridine rings is 1. The Bertz CT molecular complexity index is 1680. The summed E-state index contributed by atoms with van der Waals surface area (Å²) in [7, 11) is 0. The number of carbonyl (C=O) groups is 4. The third-order valence-electron chi connectivity index (χ3n) is 9.39. The van der Waals surface area contributed by atoms with E-state index in [1.165, 1.54) is 28.5 Å². The van der Waals surface area contributed by atoms with Gasteiger partial charge in [-0.2, -0.15) is 0 Å². The Morgan fingerprint density at radius 3 is 2.42 bits per heavy atom. The van der Waals surface area contributed by atoms with E-state index in [1.54, 1.807) is 11.8 Å². The number of fused-ring (bicyclic) bond motifs is 2. The fourth-order valence-corrected chi connectivity index (χ4v) is 6.59. The van der Waals surface area contributed by atoms with Crippen molar-refractivity contribution in [3.63, 3.8) is 0 Å². The third kappa shape index (κ3) is 7.89. The number of aromatic nitrogens is 1. The molecule has 3 fully saturated rings. The van der Waals surface area contributed by atoms with Crippen molar-refractivity contribution in [3.8, 4) is 5.75 Å². The Hall–Kier alpha value is -4.61. The lowest BCUT2D eigenvalue weighted by atomic mass is 10.1. The lowest BCUT2D eigenvalue weighted by Crippen LogP contribution is -2.51. The molecule has 3 saturated heterocycles. The number of hydrogen-bond donors (Lipinski definition) is 1. The van der Waals surface area contributed by atoms with Crippen LogP contribution in [0, 0.1) is 11.6 Å². The van der Waals surface area contributed by atoms with Gasteiger partial charge in [0.2, 0.25) is 18.0 Å². The molecule has 4 aliphatic rings. The number of nitrogens with zero attached hydrogens (tertiary/aromatic N) is 5. The highest BCUT2D eigenvalue weighted by molar-refractivity contribution is 5.99. The van der Waals surface area contributed by atoms with E-state index >= 15 is 0 Å². The molecule has 2 aromatic rings. The molecule has 2 atom stereocenters. The zero-order valence-corrected chi connectivity index (χ0v) is 27.7. The molecule has 1 aromatic carbocycles. The number of halogens is 2. The summed E-state index contributed by atoms with van der Waals surface area (Å²) in [5, 5.41) is 2.42. The van der Waals surface area contributed by atoms with E-state index in [0.717, 1.165) is 51.4 Å². The van der Waals surface area contributed by atoms with Crippen LogP contribution in [0.3, 0.4) is 0 Å². The van der Waals surface area contributed by atoms with Crippen LogP contribution in [-0.4, -0.2) is 133 Å². The first-order valence-corrected chi connectivity index (χ1v) is 16.7. The monoisotopic (exact) mass is 702 g/mol. The number of piperazine rings is 1. The Balaban J connectivity index is 1.05. The number of hydrogen-bond acceptors (Lipinski definition) is 11. The van der Waals surface area contributed by atoms with Crippen molar-refractivity contribution < 1.29 is 46.9 Å². The molecule has 1 N–H and O–H groups in total. The van der Waals surface area contributed by atoms with Gasteiger partial charge in [-0.25, -0.2) is 13.6 Å². The van der Waals surface area contributed by atoms with Crippen molar-refractivity contribution in [2.45, 2.75) is 45.1 Å². The summed E-state index contributed by atoms with van der Waals surface area (Å²) in [6, 6.07) is 2.55. The van der Waals surface area contributed by atoms with E-state index in [2.05, 4.69) is 15.1 Å². The number of carbonyl (C=O) groups excluding carboxylic acids is 4. The molecule has 0 aliphatic carbocycles. The average Bonchev–Trinajstić information content (AvgIpc) is 3.76. The minimum atomic E-state index is -1.24. The summed E-state index contributed by atoms with van der Waals surface area (Å²) in [6.07, 6.45) is 1.76. The zero-order chi connectivity index (χ0) is 35.4. The lowest BCUT2D eigenvalue weighted by Gasteiger charge is -2.35. The molecule has 3 amide bonds. The van der Waals surface area contributed by atoms with Gasteiger partial charge in [0.05, 0.1) is 19.2 Å². The summed E-state index contributed by atoms with van der Waals surface area (Å²) in [6.45, 7) is 6.98. The van der Waals surface area contributed by atoms with E-state index in [9.17, 15) is 32.8 Å². The zero-order valence-electron chi connectivity index (χ0n) is 27.7. The molecule has 50 heavy (non-hydrogen) atoms. The van der Waals surface area contributed by atoms with Crippen molar-refractivity contribution >= 4 is 23.9 Å². The molecule has 0 bridgehead atoms. The van der Waals surface area contributed by atoms with Crippen molar-refractivity contribution in [1.82, 2.24) is 29.5 Å². The predicted molar refractivity (Wildman–Crippen MR) is 170 cm³/mol. The quantitative estimate of drug-likeness (QED) is 0.264. The molecule has 0 radical (unpaired) electrons. The molecule has 0 saturated carbocycles. The maximum absolute atomic E-state index is 14.1. The smallest absolute Gasteiger partial charge is 0.451 e. The van der Waals surface area contributed by atoms with Crippen molar-refractivity contribution in [2.75, 3.05) is 72.4 Å². The van der Waals surface area contributed by atoms with Gasteiger partial charge in [-0.05, 0) is 38.9 Å². The molecule has 6 rings (SSSR count). The first-order chi connectivity index (χ1) is 24.1. The first kappa shape index (κ1) is 35.2. The fraction of sp³-hybridized carbons (Fsp3) is 0.545. The van der Waals surface area contributed by atoms with Gasteiger partial charge in [0.25, 0.3) is 17.7 Å². The number of rotatable bonds is 11. The SMILES string of the molecule is C[C@H]1CO[C@@H]2Cn3cc(C(=O)NCc4ccc(F)cc4F)c(=O)c(OCOC(=O)OCC(=O)N4CCN(CCN5CCCC5)CC4)c3C(=O)N12.